The van der Waals surface area contributed by atoms with Crippen LogP contribution >= 0.6 is 0 Å². The number of nitrogens with one attached hydrogen (secondary N) is 1. The molecule has 0 aliphatic carbocycles. The van der Waals surface area contributed by atoms with Gasteiger partial charge in [-0.25, -0.2) is 0 Å². The van der Waals surface area contributed by atoms with Gasteiger partial charge in [0.25, 0.3) is 0 Å². The van der Waals surface area contributed by atoms with E-state index in [9.17, 15) is 0 Å². The van der Waals surface area contributed by atoms with E-state index in [0.29, 0.717) is 0 Å². The van der Waals surface area contributed by atoms with Gasteiger partial charge >= 0.3 is 0 Å². The summed E-state index contributed by atoms with van der Waals surface area (Å²) in [4.78, 5) is 0. The van der Waals surface area contributed by atoms with E-state index in [4.69, 9.17) is 0 Å². The fraction of sp³-hybridized carbons (Fsp3) is 0.115. The van der Waals surface area contributed by atoms with Gasteiger partial charge < -0.3 is 5.32 Å². The van der Waals surface area contributed by atoms with Crippen molar-refractivity contribution in [3.8, 4) is 33.4 Å². The maximum Gasteiger partial charge on any atom is 0.0622 e. The molecular formula is C52H43N. The smallest absolute Gasteiger partial charge is 0.0622 e. The highest BCUT2D eigenvalue weighted by atomic mass is 15.0. The minimum Gasteiger partial charge on any atom is -0.376 e. The molecule has 0 saturated carbocycles. The maximum atomic E-state index is 4.02. The largest absolute Gasteiger partial charge is 0.376 e. The van der Waals surface area contributed by atoms with Crippen molar-refractivity contribution in [1.29, 1.82) is 0 Å². The summed E-state index contributed by atoms with van der Waals surface area (Å²) >= 11 is 0. The molecule has 1 unspecified atom stereocenters. The Balaban J connectivity index is 1.00. The van der Waals surface area contributed by atoms with Crippen LogP contribution in [0.3, 0.4) is 0 Å². The van der Waals surface area contributed by atoms with Crippen LogP contribution in [-0.2, 0) is 5.54 Å². The highest BCUT2D eigenvalue weighted by Crippen LogP contribution is 2.40. The molecule has 0 amide bonds. The van der Waals surface area contributed by atoms with Crippen molar-refractivity contribution in [3.63, 3.8) is 0 Å². The Kier molecular flexibility index (Phi) is 8.49. The van der Waals surface area contributed by atoms with Gasteiger partial charge in [-0.1, -0.05) is 178 Å². The third kappa shape index (κ3) is 5.93. The highest BCUT2D eigenvalue weighted by Gasteiger charge is 2.29. The average Bonchev–Trinajstić information content (AvgIpc) is 3.23. The van der Waals surface area contributed by atoms with Gasteiger partial charge in [0.2, 0.25) is 0 Å². The van der Waals surface area contributed by atoms with Crippen molar-refractivity contribution < 1.29 is 0 Å². The van der Waals surface area contributed by atoms with Gasteiger partial charge in [0, 0.05) is 5.69 Å². The summed E-state index contributed by atoms with van der Waals surface area (Å²) in [5, 5.41) is 14.3. The number of fused-ring (bicyclic) bond motifs is 5. The predicted octanol–water partition coefficient (Wildman–Crippen LogP) is 14.8. The molecule has 0 fully saturated rings. The normalized spacial score (nSPS) is 12.7. The molecule has 0 heterocycles. The Labute approximate surface area is 312 Å². The van der Waals surface area contributed by atoms with E-state index in [2.05, 4.69) is 201 Å². The quantitative estimate of drug-likeness (QED) is 0.118. The first-order valence-corrected chi connectivity index (χ1v) is 19.0. The van der Waals surface area contributed by atoms with Crippen LogP contribution in [0.1, 0.15) is 38.7 Å². The minimum atomic E-state index is -0.163. The topological polar surface area (TPSA) is 12.0 Å². The van der Waals surface area contributed by atoms with Crippen molar-refractivity contribution in [2.75, 3.05) is 5.32 Å². The lowest BCUT2D eigenvalue weighted by molar-refractivity contribution is 0.428. The summed E-state index contributed by atoms with van der Waals surface area (Å²) in [6.45, 7) is 4.59. The molecule has 1 atom stereocenters. The molecule has 0 aromatic heterocycles. The Morgan fingerprint density at radius 3 is 1.47 bits per heavy atom. The van der Waals surface area contributed by atoms with Gasteiger partial charge in [-0.05, 0) is 119 Å². The van der Waals surface area contributed by atoms with Gasteiger partial charge in [0.05, 0.1) is 5.54 Å². The van der Waals surface area contributed by atoms with E-state index in [1.54, 1.807) is 0 Å². The van der Waals surface area contributed by atoms with Crippen LogP contribution in [0.5, 0.6) is 0 Å². The molecule has 9 aromatic rings. The molecule has 1 N–H and O–H groups in total. The molecule has 0 spiro atoms. The van der Waals surface area contributed by atoms with Crippen molar-refractivity contribution in [3.05, 3.63) is 188 Å². The molecule has 9 rings (SSSR count). The zero-order valence-electron chi connectivity index (χ0n) is 30.4. The van der Waals surface area contributed by atoms with E-state index >= 15 is 0 Å². The number of hydrogen-bond acceptors (Lipinski definition) is 1. The SMILES string of the molecule is CCCC(CC)(Nc1ccc(-c2cc3ccccc3c3ccccc23)cc1)c1ccc(-c2ccc(-c3c4ccccc4cc4ccccc34)cc2)cc1. The lowest BCUT2D eigenvalue weighted by Gasteiger charge is -2.36. The van der Waals surface area contributed by atoms with Crippen LogP contribution in [-0.4, -0.2) is 0 Å². The van der Waals surface area contributed by atoms with Crippen LogP contribution in [0, 0.1) is 0 Å². The van der Waals surface area contributed by atoms with Crippen molar-refractivity contribution >= 4 is 48.8 Å². The number of hydrogen-bond donors (Lipinski definition) is 1. The second kappa shape index (κ2) is 13.7. The van der Waals surface area contributed by atoms with Crippen molar-refractivity contribution in [1.82, 2.24) is 0 Å². The Hall–Kier alpha value is -6.18. The van der Waals surface area contributed by atoms with E-state index in [1.807, 2.05) is 0 Å². The molecular weight excluding hydrogens is 639 g/mol. The second-order valence-corrected chi connectivity index (χ2v) is 14.4. The van der Waals surface area contributed by atoms with E-state index < -0.39 is 0 Å². The number of rotatable bonds is 9. The van der Waals surface area contributed by atoms with Gasteiger partial charge in [0.1, 0.15) is 0 Å². The molecule has 0 saturated heterocycles. The standard InChI is InChI=1S/C52H43N/c1-3-33-52(4-2,53-44-31-27-38(28-32-44)50-35-42-15-5-8-16-45(42)48-19-11-12-20-49(48)50)43-29-25-37(26-30-43)36-21-23-39(24-22-36)51-46-17-9-6-13-40(46)34-41-14-7-10-18-47(41)51/h5-32,34-35,53H,3-4,33H2,1-2H3. The summed E-state index contributed by atoms with van der Waals surface area (Å²) in [7, 11) is 0. The van der Waals surface area contributed by atoms with Crippen LogP contribution in [0.25, 0.3) is 76.5 Å². The molecule has 0 aliphatic rings. The van der Waals surface area contributed by atoms with Crippen molar-refractivity contribution in [2.45, 2.75) is 38.6 Å². The van der Waals surface area contributed by atoms with Crippen LogP contribution < -0.4 is 5.32 Å². The van der Waals surface area contributed by atoms with Crippen LogP contribution in [0.4, 0.5) is 5.69 Å². The van der Waals surface area contributed by atoms with Crippen LogP contribution in [0.2, 0.25) is 0 Å². The molecule has 53 heavy (non-hydrogen) atoms. The summed E-state index contributed by atoms with van der Waals surface area (Å²) in [6, 6.07) is 67.0. The maximum absolute atomic E-state index is 4.02. The first-order valence-electron chi connectivity index (χ1n) is 19.0. The number of benzene rings is 9. The molecule has 256 valence electrons. The second-order valence-electron chi connectivity index (χ2n) is 14.4. The van der Waals surface area contributed by atoms with Gasteiger partial charge in [-0.15, -0.1) is 0 Å². The average molecular weight is 682 g/mol. The van der Waals surface area contributed by atoms with Gasteiger partial charge in [-0.3, -0.25) is 0 Å². The minimum absolute atomic E-state index is 0.163. The Morgan fingerprint density at radius 2 is 0.887 bits per heavy atom. The summed E-state index contributed by atoms with van der Waals surface area (Å²) in [5.74, 6) is 0. The highest BCUT2D eigenvalue weighted by molar-refractivity contribution is 6.14. The molecule has 9 aromatic carbocycles. The van der Waals surface area contributed by atoms with E-state index in [-0.39, 0.29) is 5.54 Å². The number of anilines is 1. The van der Waals surface area contributed by atoms with E-state index in [0.717, 1.165) is 24.9 Å². The lowest BCUT2D eigenvalue weighted by Crippen LogP contribution is -2.34. The zero-order chi connectivity index (χ0) is 35.8. The molecule has 0 radical (unpaired) electrons. The predicted molar refractivity (Wildman–Crippen MR) is 230 cm³/mol. The van der Waals surface area contributed by atoms with Crippen LogP contribution in [0.15, 0.2) is 182 Å². The molecule has 1 nitrogen and oxygen atoms in total. The molecule has 0 aliphatic heterocycles. The fourth-order valence-corrected chi connectivity index (χ4v) is 8.61. The molecule has 1 heteroatoms. The first kappa shape index (κ1) is 32.7. The summed E-state index contributed by atoms with van der Waals surface area (Å²) < 4.78 is 0. The van der Waals surface area contributed by atoms with Gasteiger partial charge in [-0.2, -0.15) is 0 Å². The third-order valence-corrected chi connectivity index (χ3v) is 11.3. The fourth-order valence-electron chi connectivity index (χ4n) is 8.61. The summed E-state index contributed by atoms with van der Waals surface area (Å²) in [5.41, 5.74) is 9.83. The third-order valence-electron chi connectivity index (χ3n) is 11.3. The molecule has 0 bridgehead atoms. The Bertz CT molecular complexity index is 2670. The van der Waals surface area contributed by atoms with Crippen molar-refractivity contribution in [2.24, 2.45) is 0 Å². The summed E-state index contributed by atoms with van der Waals surface area (Å²) in [6.07, 6.45) is 3.13. The Morgan fingerprint density at radius 1 is 0.415 bits per heavy atom. The first-order chi connectivity index (χ1) is 26.1. The van der Waals surface area contributed by atoms with E-state index in [1.165, 1.54) is 82.0 Å². The lowest BCUT2D eigenvalue weighted by atomic mass is 9.82. The zero-order valence-corrected chi connectivity index (χ0v) is 30.4. The monoisotopic (exact) mass is 681 g/mol. The van der Waals surface area contributed by atoms with Gasteiger partial charge in [0.15, 0.2) is 0 Å².